The fourth-order valence-electron chi connectivity index (χ4n) is 0.684. The SMILES string of the molecule is CC(Br)CCCOC(C)C. The second-order valence-corrected chi connectivity index (χ2v) is 4.41. The summed E-state index contributed by atoms with van der Waals surface area (Å²) in [7, 11) is 0. The molecule has 0 saturated heterocycles. The highest BCUT2D eigenvalue weighted by Crippen LogP contribution is 2.06. The summed E-state index contributed by atoms with van der Waals surface area (Å²) in [5.74, 6) is 0. The molecular weight excluding hydrogens is 192 g/mol. The molecule has 0 aliphatic carbocycles. The van der Waals surface area contributed by atoms with E-state index in [-0.39, 0.29) is 0 Å². The number of halogens is 1. The summed E-state index contributed by atoms with van der Waals surface area (Å²) in [4.78, 5) is 0.628. The highest BCUT2D eigenvalue weighted by Gasteiger charge is 1.96. The molecule has 0 radical (unpaired) electrons. The second kappa shape index (κ2) is 6.17. The van der Waals surface area contributed by atoms with Gasteiger partial charge in [-0.1, -0.05) is 22.9 Å². The third kappa shape index (κ3) is 8.44. The summed E-state index contributed by atoms with van der Waals surface area (Å²) in [5, 5.41) is 0. The number of ether oxygens (including phenoxy) is 1. The summed E-state index contributed by atoms with van der Waals surface area (Å²) in [5.41, 5.74) is 0. The summed E-state index contributed by atoms with van der Waals surface area (Å²) < 4.78 is 5.37. The zero-order valence-corrected chi connectivity index (χ0v) is 8.65. The van der Waals surface area contributed by atoms with Crippen LogP contribution in [0.3, 0.4) is 0 Å². The monoisotopic (exact) mass is 208 g/mol. The van der Waals surface area contributed by atoms with Crippen LogP contribution in [0.15, 0.2) is 0 Å². The Kier molecular flexibility index (Phi) is 6.44. The van der Waals surface area contributed by atoms with Crippen LogP contribution < -0.4 is 0 Å². The first kappa shape index (κ1) is 10.4. The molecule has 0 aromatic heterocycles. The van der Waals surface area contributed by atoms with Crippen LogP contribution in [0.5, 0.6) is 0 Å². The smallest absolute Gasteiger partial charge is 0.0518 e. The van der Waals surface area contributed by atoms with Crippen molar-refractivity contribution in [3.8, 4) is 0 Å². The molecule has 0 spiro atoms. The van der Waals surface area contributed by atoms with Gasteiger partial charge in [0.05, 0.1) is 6.10 Å². The van der Waals surface area contributed by atoms with E-state index in [9.17, 15) is 0 Å². The van der Waals surface area contributed by atoms with Crippen LogP contribution in [0, 0.1) is 0 Å². The largest absolute Gasteiger partial charge is 0.379 e. The van der Waals surface area contributed by atoms with E-state index in [1.807, 2.05) is 0 Å². The van der Waals surface area contributed by atoms with E-state index >= 15 is 0 Å². The van der Waals surface area contributed by atoms with Gasteiger partial charge in [0, 0.05) is 11.4 Å². The summed E-state index contributed by atoms with van der Waals surface area (Å²) in [6.07, 6.45) is 2.74. The first-order valence-electron chi connectivity index (χ1n) is 3.88. The number of alkyl halides is 1. The van der Waals surface area contributed by atoms with Gasteiger partial charge in [0.2, 0.25) is 0 Å². The Hall–Kier alpha value is 0.440. The zero-order valence-electron chi connectivity index (χ0n) is 7.06. The van der Waals surface area contributed by atoms with E-state index in [2.05, 4.69) is 36.7 Å². The number of hydrogen-bond acceptors (Lipinski definition) is 1. The minimum atomic E-state index is 0.380. The first-order chi connectivity index (χ1) is 4.63. The van der Waals surface area contributed by atoms with Gasteiger partial charge in [-0.05, 0) is 26.7 Å². The lowest BCUT2D eigenvalue weighted by molar-refractivity contribution is 0.0762. The molecule has 0 saturated carbocycles. The Morgan fingerprint density at radius 1 is 1.30 bits per heavy atom. The maximum absolute atomic E-state index is 5.37. The molecule has 10 heavy (non-hydrogen) atoms. The van der Waals surface area contributed by atoms with Crippen LogP contribution in [0.4, 0.5) is 0 Å². The molecule has 0 N–H and O–H groups in total. The van der Waals surface area contributed by atoms with Gasteiger partial charge in [-0.25, -0.2) is 0 Å². The minimum Gasteiger partial charge on any atom is -0.379 e. The molecule has 1 atom stereocenters. The van der Waals surface area contributed by atoms with Crippen molar-refractivity contribution in [1.82, 2.24) is 0 Å². The van der Waals surface area contributed by atoms with Crippen LogP contribution in [0.25, 0.3) is 0 Å². The van der Waals surface area contributed by atoms with Crippen molar-refractivity contribution in [2.24, 2.45) is 0 Å². The Balaban J connectivity index is 2.91. The molecule has 0 aromatic carbocycles. The quantitative estimate of drug-likeness (QED) is 0.499. The number of hydrogen-bond donors (Lipinski definition) is 0. The summed E-state index contributed by atoms with van der Waals surface area (Å²) in [6, 6.07) is 0. The predicted octanol–water partition coefficient (Wildman–Crippen LogP) is 2.98. The third-order valence-corrected chi connectivity index (χ3v) is 1.66. The van der Waals surface area contributed by atoms with Gasteiger partial charge in [-0.2, -0.15) is 0 Å². The molecule has 0 aromatic rings. The van der Waals surface area contributed by atoms with Crippen LogP contribution >= 0.6 is 15.9 Å². The van der Waals surface area contributed by atoms with Crippen molar-refractivity contribution in [1.29, 1.82) is 0 Å². The molecular formula is C8H17BrO. The van der Waals surface area contributed by atoms with Crippen molar-refractivity contribution in [2.75, 3.05) is 6.61 Å². The van der Waals surface area contributed by atoms with Gasteiger partial charge >= 0.3 is 0 Å². The lowest BCUT2D eigenvalue weighted by atomic mass is 10.3. The van der Waals surface area contributed by atoms with E-state index in [4.69, 9.17) is 4.74 Å². The topological polar surface area (TPSA) is 9.23 Å². The molecule has 0 fully saturated rings. The molecule has 0 aliphatic heterocycles. The Bertz CT molecular complexity index is 61.7. The Morgan fingerprint density at radius 2 is 1.90 bits per heavy atom. The maximum Gasteiger partial charge on any atom is 0.0518 e. The minimum absolute atomic E-state index is 0.380. The standard InChI is InChI=1S/C8H17BrO/c1-7(2)10-6-4-5-8(3)9/h7-8H,4-6H2,1-3H3. The molecule has 0 rings (SSSR count). The van der Waals surface area contributed by atoms with Crippen molar-refractivity contribution >= 4 is 15.9 Å². The lowest BCUT2D eigenvalue weighted by Crippen LogP contribution is -2.04. The van der Waals surface area contributed by atoms with Crippen LogP contribution in [-0.2, 0) is 4.74 Å². The molecule has 0 amide bonds. The lowest BCUT2D eigenvalue weighted by Gasteiger charge is -2.07. The van der Waals surface area contributed by atoms with Crippen molar-refractivity contribution in [3.05, 3.63) is 0 Å². The van der Waals surface area contributed by atoms with E-state index < -0.39 is 0 Å². The van der Waals surface area contributed by atoms with Gasteiger partial charge in [0.15, 0.2) is 0 Å². The van der Waals surface area contributed by atoms with E-state index in [1.54, 1.807) is 0 Å². The predicted molar refractivity (Wildman–Crippen MR) is 48.7 cm³/mol. The van der Waals surface area contributed by atoms with Crippen molar-refractivity contribution < 1.29 is 4.74 Å². The van der Waals surface area contributed by atoms with Crippen LogP contribution in [0.1, 0.15) is 33.6 Å². The second-order valence-electron chi connectivity index (χ2n) is 2.84. The highest BCUT2D eigenvalue weighted by molar-refractivity contribution is 9.09. The normalized spacial score (nSPS) is 14.1. The third-order valence-electron chi connectivity index (χ3n) is 1.20. The molecule has 0 bridgehead atoms. The average molecular weight is 209 g/mol. The summed E-state index contributed by atoms with van der Waals surface area (Å²) in [6.45, 7) is 7.19. The first-order valence-corrected chi connectivity index (χ1v) is 4.80. The van der Waals surface area contributed by atoms with E-state index in [1.165, 1.54) is 6.42 Å². The van der Waals surface area contributed by atoms with Gasteiger partial charge in [0.1, 0.15) is 0 Å². The van der Waals surface area contributed by atoms with E-state index in [0.29, 0.717) is 10.9 Å². The van der Waals surface area contributed by atoms with Gasteiger partial charge in [-0.3, -0.25) is 0 Å². The Morgan fingerprint density at radius 3 is 2.30 bits per heavy atom. The van der Waals surface area contributed by atoms with Crippen LogP contribution in [0.2, 0.25) is 0 Å². The van der Waals surface area contributed by atoms with Gasteiger partial charge in [-0.15, -0.1) is 0 Å². The van der Waals surface area contributed by atoms with Crippen LogP contribution in [-0.4, -0.2) is 17.5 Å². The van der Waals surface area contributed by atoms with Gasteiger partial charge in [0.25, 0.3) is 0 Å². The van der Waals surface area contributed by atoms with Crippen molar-refractivity contribution in [3.63, 3.8) is 0 Å². The van der Waals surface area contributed by atoms with Crippen molar-refractivity contribution in [2.45, 2.75) is 44.5 Å². The molecule has 2 heteroatoms. The summed E-state index contributed by atoms with van der Waals surface area (Å²) >= 11 is 3.49. The average Bonchev–Trinajstić information content (AvgIpc) is 1.79. The van der Waals surface area contributed by atoms with E-state index in [0.717, 1.165) is 13.0 Å². The fraction of sp³-hybridized carbons (Fsp3) is 1.00. The molecule has 1 nitrogen and oxygen atoms in total. The molecule has 62 valence electrons. The fourth-order valence-corrected chi connectivity index (χ4v) is 1.01. The highest BCUT2D eigenvalue weighted by atomic mass is 79.9. The molecule has 0 heterocycles. The Labute approximate surface area is 72.3 Å². The zero-order chi connectivity index (χ0) is 7.98. The maximum atomic E-state index is 5.37. The molecule has 1 unspecified atom stereocenters. The van der Waals surface area contributed by atoms with Gasteiger partial charge < -0.3 is 4.74 Å². The molecule has 0 aliphatic rings. The number of rotatable bonds is 5.